The molecule has 1 atom stereocenters. The molecule has 0 amide bonds. The Morgan fingerprint density at radius 2 is 2.06 bits per heavy atom. The number of hydrogen-bond acceptors (Lipinski definition) is 4. The first kappa shape index (κ1) is 14.5. The monoisotopic (exact) mass is 230 g/mol. The third-order valence-electron chi connectivity index (χ3n) is 2.41. The molecule has 0 aliphatic rings. The Morgan fingerprint density at radius 1 is 1.38 bits per heavy atom. The van der Waals surface area contributed by atoms with Crippen LogP contribution in [-0.4, -0.2) is 28.6 Å². The van der Waals surface area contributed by atoms with Gasteiger partial charge in [-0.3, -0.25) is 0 Å². The summed E-state index contributed by atoms with van der Waals surface area (Å²) in [6.07, 6.45) is 3.51. The highest BCUT2D eigenvalue weighted by Crippen LogP contribution is 2.01. The van der Waals surface area contributed by atoms with Gasteiger partial charge in [0.05, 0.1) is 0 Å². The Kier molecular flexibility index (Phi) is 8.01. The summed E-state index contributed by atoms with van der Waals surface area (Å²) in [5.74, 6) is 0.815. The van der Waals surface area contributed by atoms with Crippen LogP contribution in [0.2, 0.25) is 0 Å². The second-order valence-corrected chi connectivity index (χ2v) is 3.79. The molecule has 0 aromatic carbocycles. The molecule has 0 aromatic rings. The first-order valence-electron chi connectivity index (χ1n) is 5.57. The summed E-state index contributed by atoms with van der Waals surface area (Å²) < 4.78 is 0. The van der Waals surface area contributed by atoms with Crippen molar-refractivity contribution < 1.29 is 10.4 Å². The fourth-order valence-corrected chi connectivity index (χ4v) is 1.20. The molecular formula is C10H22N4O2. The van der Waals surface area contributed by atoms with Gasteiger partial charge in [0.25, 0.3) is 0 Å². The van der Waals surface area contributed by atoms with Gasteiger partial charge in [-0.15, -0.1) is 0 Å². The van der Waals surface area contributed by atoms with Gasteiger partial charge in [0, 0.05) is 18.9 Å². The highest BCUT2D eigenvalue weighted by atomic mass is 16.4. The number of amidine groups is 2. The Labute approximate surface area is 96.2 Å². The number of nitrogens with zero attached hydrogens (tertiary/aromatic N) is 2. The van der Waals surface area contributed by atoms with E-state index in [9.17, 15) is 0 Å². The van der Waals surface area contributed by atoms with Crippen molar-refractivity contribution in [3.8, 4) is 0 Å². The van der Waals surface area contributed by atoms with Crippen molar-refractivity contribution in [3.63, 3.8) is 0 Å². The van der Waals surface area contributed by atoms with Crippen molar-refractivity contribution in [2.24, 2.45) is 22.0 Å². The molecule has 0 saturated carbocycles. The number of oxime groups is 2. The van der Waals surface area contributed by atoms with E-state index in [1.807, 2.05) is 6.92 Å². The normalized spacial score (nSPS) is 14.9. The third kappa shape index (κ3) is 6.10. The number of hydrogen-bond donors (Lipinski definition) is 4. The molecule has 0 bridgehead atoms. The van der Waals surface area contributed by atoms with Crippen LogP contribution in [0.15, 0.2) is 10.3 Å². The summed E-state index contributed by atoms with van der Waals surface area (Å²) in [5.41, 5.74) is 5.44. The van der Waals surface area contributed by atoms with Gasteiger partial charge in [0.1, 0.15) is 11.7 Å². The van der Waals surface area contributed by atoms with E-state index in [1.165, 1.54) is 0 Å². The van der Waals surface area contributed by atoms with E-state index < -0.39 is 0 Å². The van der Waals surface area contributed by atoms with Crippen LogP contribution < -0.4 is 11.1 Å². The third-order valence-corrected chi connectivity index (χ3v) is 2.41. The molecule has 0 rings (SSSR count). The van der Waals surface area contributed by atoms with E-state index in [0.717, 1.165) is 25.7 Å². The van der Waals surface area contributed by atoms with E-state index in [-0.39, 0.29) is 11.8 Å². The molecule has 0 aliphatic carbocycles. The van der Waals surface area contributed by atoms with Gasteiger partial charge in [0.15, 0.2) is 0 Å². The predicted octanol–water partition coefficient (Wildman–Crippen LogP) is 1.33. The van der Waals surface area contributed by atoms with Crippen LogP contribution >= 0.6 is 0 Å². The van der Waals surface area contributed by atoms with Crippen LogP contribution in [0.1, 0.15) is 39.5 Å². The maximum atomic E-state index is 8.71. The predicted molar refractivity (Wildman–Crippen MR) is 63.9 cm³/mol. The smallest absolute Gasteiger partial charge is 0.142 e. The minimum absolute atomic E-state index is 0.00335. The summed E-state index contributed by atoms with van der Waals surface area (Å²) >= 11 is 0. The summed E-state index contributed by atoms with van der Waals surface area (Å²) in [7, 11) is 0. The van der Waals surface area contributed by atoms with Gasteiger partial charge in [-0.1, -0.05) is 30.6 Å². The van der Waals surface area contributed by atoms with Crippen molar-refractivity contribution in [3.05, 3.63) is 0 Å². The largest absolute Gasteiger partial charge is 0.409 e. The van der Waals surface area contributed by atoms with Gasteiger partial charge in [-0.2, -0.15) is 0 Å². The molecule has 0 aliphatic heterocycles. The zero-order valence-corrected chi connectivity index (χ0v) is 9.98. The minimum Gasteiger partial charge on any atom is -0.409 e. The molecule has 6 nitrogen and oxygen atoms in total. The highest BCUT2D eigenvalue weighted by molar-refractivity contribution is 5.82. The Balaban J connectivity index is 3.79. The maximum Gasteiger partial charge on any atom is 0.142 e. The van der Waals surface area contributed by atoms with Gasteiger partial charge >= 0.3 is 0 Å². The van der Waals surface area contributed by atoms with Crippen LogP contribution in [0, 0.1) is 5.92 Å². The fraction of sp³-hybridized carbons (Fsp3) is 0.800. The molecule has 0 saturated heterocycles. The lowest BCUT2D eigenvalue weighted by Gasteiger charge is -2.11. The van der Waals surface area contributed by atoms with E-state index in [1.54, 1.807) is 0 Å². The molecule has 16 heavy (non-hydrogen) atoms. The molecule has 0 heterocycles. The summed E-state index contributed by atoms with van der Waals surface area (Å²) in [6.45, 7) is 4.59. The van der Waals surface area contributed by atoms with Crippen LogP contribution in [0.3, 0.4) is 0 Å². The number of unbranched alkanes of at least 4 members (excludes halogenated alkanes) is 1. The first-order valence-corrected chi connectivity index (χ1v) is 5.57. The van der Waals surface area contributed by atoms with E-state index in [2.05, 4.69) is 22.6 Å². The summed E-state index contributed by atoms with van der Waals surface area (Å²) in [4.78, 5) is 0. The zero-order chi connectivity index (χ0) is 12.4. The summed E-state index contributed by atoms with van der Waals surface area (Å²) in [5, 5.41) is 26.3. The van der Waals surface area contributed by atoms with Gasteiger partial charge in [-0.25, -0.2) is 0 Å². The molecule has 0 aromatic heterocycles. The Bertz CT molecular complexity index is 241. The van der Waals surface area contributed by atoms with Crippen molar-refractivity contribution in [1.29, 1.82) is 0 Å². The van der Waals surface area contributed by atoms with Crippen LogP contribution in [-0.2, 0) is 0 Å². The zero-order valence-electron chi connectivity index (χ0n) is 9.98. The Morgan fingerprint density at radius 3 is 2.56 bits per heavy atom. The minimum atomic E-state index is 0.00335. The number of nitrogens with one attached hydrogen (secondary N) is 1. The van der Waals surface area contributed by atoms with E-state index in [4.69, 9.17) is 16.1 Å². The SMILES string of the molecule is CCCC/C(=N\O)NCCC(C)/C(N)=N\O. The quantitative estimate of drug-likeness (QED) is 0.229. The lowest BCUT2D eigenvalue weighted by Crippen LogP contribution is -2.29. The van der Waals surface area contributed by atoms with Crippen molar-refractivity contribution >= 4 is 11.7 Å². The van der Waals surface area contributed by atoms with Gasteiger partial charge in [0.2, 0.25) is 0 Å². The lowest BCUT2D eigenvalue weighted by atomic mass is 10.1. The lowest BCUT2D eigenvalue weighted by molar-refractivity contribution is 0.312. The molecule has 0 fully saturated rings. The fourth-order valence-electron chi connectivity index (χ4n) is 1.20. The molecule has 0 spiro atoms. The van der Waals surface area contributed by atoms with Gasteiger partial charge < -0.3 is 21.5 Å². The first-order chi connectivity index (χ1) is 7.65. The molecule has 1 unspecified atom stereocenters. The molecule has 5 N–H and O–H groups in total. The second-order valence-electron chi connectivity index (χ2n) is 3.79. The average Bonchev–Trinajstić information content (AvgIpc) is 2.32. The summed E-state index contributed by atoms with van der Waals surface area (Å²) in [6, 6.07) is 0. The molecular weight excluding hydrogens is 208 g/mol. The van der Waals surface area contributed by atoms with Crippen molar-refractivity contribution in [2.75, 3.05) is 6.54 Å². The standard InChI is InChI=1S/C10H22N4O2/c1-3-4-5-9(13-15)12-7-6-8(2)10(11)14-16/h8,15-16H,3-7H2,1-2H3,(H2,11,14)(H,12,13). The van der Waals surface area contributed by atoms with Crippen LogP contribution in [0.25, 0.3) is 0 Å². The van der Waals surface area contributed by atoms with E-state index >= 15 is 0 Å². The topological polar surface area (TPSA) is 103 Å². The van der Waals surface area contributed by atoms with Crippen LogP contribution in [0.5, 0.6) is 0 Å². The molecule has 0 radical (unpaired) electrons. The second kappa shape index (κ2) is 8.82. The maximum absolute atomic E-state index is 8.71. The molecule has 94 valence electrons. The molecule has 6 heteroatoms. The van der Waals surface area contributed by atoms with E-state index in [0.29, 0.717) is 12.4 Å². The van der Waals surface area contributed by atoms with Crippen molar-refractivity contribution in [2.45, 2.75) is 39.5 Å². The van der Waals surface area contributed by atoms with Crippen molar-refractivity contribution in [1.82, 2.24) is 5.32 Å². The Hall–Kier alpha value is -1.46. The van der Waals surface area contributed by atoms with Gasteiger partial charge in [-0.05, 0) is 12.8 Å². The number of rotatable bonds is 7. The number of nitrogens with two attached hydrogens (primary N) is 1. The van der Waals surface area contributed by atoms with Crippen LogP contribution in [0.4, 0.5) is 0 Å². The highest BCUT2D eigenvalue weighted by Gasteiger charge is 2.07. The average molecular weight is 230 g/mol.